The average Bonchev–Trinajstić information content (AvgIpc) is 3.49. The van der Waals surface area contributed by atoms with Gasteiger partial charge in [0.15, 0.2) is 11.3 Å². The third kappa shape index (κ3) is 3.26. The molecule has 154 valence electrons. The molecular formula is C21H23N7O2. The van der Waals surface area contributed by atoms with Crippen LogP contribution in [0.2, 0.25) is 0 Å². The molecule has 0 saturated carbocycles. The summed E-state index contributed by atoms with van der Waals surface area (Å²) >= 11 is 0. The number of amides is 1. The van der Waals surface area contributed by atoms with Crippen molar-refractivity contribution >= 4 is 11.6 Å². The smallest absolute Gasteiger partial charge is 0.274 e. The van der Waals surface area contributed by atoms with Crippen LogP contribution in [0.3, 0.4) is 0 Å². The number of fused-ring (bicyclic) bond motifs is 1. The molecule has 30 heavy (non-hydrogen) atoms. The number of aromatic nitrogens is 5. The van der Waals surface area contributed by atoms with Gasteiger partial charge < -0.3 is 9.32 Å². The lowest BCUT2D eigenvalue weighted by molar-refractivity contribution is 0.0614. The summed E-state index contributed by atoms with van der Waals surface area (Å²) in [4.78, 5) is 21.6. The highest BCUT2D eigenvalue weighted by molar-refractivity contribution is 5.93. The third-order valence-corrected chi connectivity index (χ3v) is 5.71. The summed E-state index contributed by atoms with van der Waals surface area (Å²) in [7, 11) is 1.90. The van der Waals surface area contributed by atoms with E-state index in [9.17, 15) is 4.79 Å². The number of hydrogen-bond acceptors (Lipinski definition) is 6. The normalized spacial score (nSPS) is 15.2. The lowest BCUT2D eigenvalue weighted by Crippen LogP contribution is -2.48. The second-order valence-corrected chi connectivity index (χ2v) is 7.54. The molecule has 4 aromatic rings. The van der Waals surface area contributed by atoms with E-state index in [1.807, 2.05) is 47.9 Å². The second-order valence-electron chi connectivity index (χ2n) is 7.54. The van der Waals surface area contributed by atoms with E-state index in [1.165, 1.54) is 0 Å². The summed E-state index contributed by atoms with van der Waals surface area (Å²) in [5.41, 5.74) is 3.93. The van der Waals surface area contributed by atoms with Crippen molar-refractivity contribution < 1.29 is 9.21 Å². The van der Waals surface area contributed by atoms with E-state index in [1.54, 1.807) is 23.0 Å². The fourth-order valence-corrected chi connectivity index (χ4v) is 3.85. The number of carbonyl (C=O) groups is 1. The van der Waals surface area contributed by atoms with Gasteiger partial charge in [-0.3, -0.25) is 14.4 Å². The number of furan rings is 1. The Bertz CT molecular complexity index is 1180. The van der Waals surface area contributed by atoms with Crippen molar-refractivity contribution in [3.05, 3.63) is 60.1 Å². The minimum atomic E-state index is -0.0630. The van der Waals surface area contributed by atoms with Crippen molar-refractivity contribution in [1.29, 1.82) is 0 Å². The van der Waals surface area contributed by atoms with Crippen molar-refractivity contribution in [3.8, 4) is 11.3 Å². The van der Waals surface area contributed by atoms with Crippen molar-refractivity contribution in [1.82, 2.24) is 34.2 Å². The Morgan fingerprint density at radius 1 is 1.20 bits per heavy atom. The second kappa shape index (κ2) is 7.42. The van der Waals surface area contributed by atoms with Gasteiger partial charge in [0.1, 0.15) is 5.76 Å². The molecule has 0 radical (unpaired) electrons. The summed E-state index contributed by atoms with van der Waals surface area (Å²) in [5.74, 6) is 0.881. The first-order valence-corrected chi connectivity index (χ1v) is 9.98. The average molecular weight is 405 g/mol. The minimum absolute atomic E-state index is 0.0630. The van der Waals surface area contributed by atoms with Gasteiger partial charge in [0.25, 0.3) is 5.91 Å². The van der Waals surface area contributed by atoms with Crippen molar-refractivity contribution in [2.45, 2.75) is 13.5 Å². The van der Waals surface area contributed by atoms with E-state index < -0.39 is 0 Å². The molecule has 0 N–H and O–H groups in total. The molecule has 1 aliphatic rings. The first-order valence-electron chi connectivity index (χ1n) is 9.98. The molecule has 0 unspecified atom stereocenters. The number of hydrogen-bond donors (Lipinski definition) is 0. The Balaban J connectivity index is 1.35. The van der Waals surface area contributed by atoms with E-state index in [0.717, 1.165) is 42.3 Å². The van der Waals surface area contributed by atoms with Gasteiger partial charge in [-0.25, -0.2) is 9.50 Å². The number of piperazine rings is 1. The van der Waals surface area contributed by atoms with Crippen LogP contribution in [0.5, 0.6) is 0 Å². The first-order chi connectivity index (χ1) is 14.6. The van der Waals surface area contributed by atoms with Gasteiger partial charge in [0.2, 0.25) is 0 Å². The van der Waals surface area contributed by atoms with Gasteiger partial charge in [-0.05, 0) is 25.1 Å². The Morgan fingerprint density at radius 3 is 2.73 bits per heavy atom. The van der Waals surface area contributed by atoms with Crippen LogP contribution in [0.25, 0.3) is 16.9 Å². The number of rotatable bonds is 4. The molecule has 1 fully saturated rings. The Hall–Kier alpha value is -3.46. The first kappa shape index (κ1) is 18.6. The zero-order chi connectivity index (χ0) is 20.7. The molecule has 5 heterocycles. The maximum absolute atomic E-state index is 13.1. The zero-order valence-corrected chi connectivity index (χ0v) is 17.0. The molecule has 5 rings (SSSR count). The molecule has 1 amide bonds. The fraction of sp³-hybridized carbons (Fsp3) is 0.333. The number of carbonyl (C=O) groups excluding carboxylic acids is 1. The zero-order valence-electron chi connectivity index (χ0n) is 17.0. The van der Waals surface area contributed by atoms with E-state index in [-0.39, 0.29) is 5.91 Å². The van der Waals surface area contributed by atoms with Crippen LogP contribution in [-0.2, 0) is 13.6 Å². The van der Waals surface area contributed by atoms with Crippen LogP contribution in [0.1, 0.15) is 21.9 Å². The molecular weight excluding hydrogens is 382 g/mol. The minimum Gasteiger partial charge on any atom is -0.468 e. The Morgan fingerprint density at radius 2 is 2.03 bits per heavy atom. The third-order valence-electron chi connectivity index (χ3n) is 5.71. The molecule has 0 bridgehead atoms. The van der Waals surface area contributed by atoms with Gasteiger partial charge in [-0.1, -0.05) is 0 Å². The predicted molar refractivity (Wildman–Crippen MR) is 110 cm³/mol. The van der Waals surface area contributed by atoms with E-state index >= 15 is 0 Å². The van der Waals surface area contributed by atoms with Gasteiger partial charge in [0, 0.05) is 56.7 Å². The van der Waals surface area contributed by atoms with Crippen LogP contribution >= 0.6 is 0 Å². The topological polar surface area (TPSA) is 84.7 Å². The van der Waals surface area contributed by atoms with E-state index in [0.29, 0.717) is 24.4 Å². The van der Waals surface area contributed by atoms with Crippen molar-refractivity contribution in [2.75, 3.05) is 26.2 Å². The predicted octanol–water partition coefficient (Wildman–Crippen LogP) is 1.99. The highest BCUT2D eigenvalue weighted by Gasteiger charge is 2.25. The summed E-state index contributed by atoms with van der Waals surface area (Å²) < 4.78 is 8.97. The standard InChI is InChI=1S/C21H23N7O2/c1-15-17(13-23-25(15)2)19-5-6-22-20-12-18(24-28(19)20)21(29)27-9-7-26(8-10-27)14-16-4-3-11-30-16/h3-6,11-13H,7-10,14H2,1-2H3. The lowest BCUT2D eigenvalue weighted by Gasteiger charge is -2.33. The molecule has 1 saturated heterocycles. The maximum Gasteiger partial charge on any atom is 0.274 e. The molecule has 9 heteroatoms. The van der Waals surface area contributed by atoms with Gasteiger partial charge >= 0.3 is 0 Å². The van der Waals surface area contributed by atoms with Crippen molar-refractivity contribution in [3.63, 3.8) is 0 Å². The molecule has 0 atom stereocenters. The highest BCUT2D eigenvalue weighted by Crippen LogP contribution is 2.23. The van der Waals surface area contributed by atoms with Crippen LogP contribution in [0, 0.1) is 6.92 Å². The van der Waals surface area contributed by atoms with Crippen LogP contribution < -0.4 is 0 Å². The van der Waals surface area contributed by atoms with E-state index in [2.05, 4.69) is 20.1 Å². The number of nitrogens with zero attached hydrogens (tertiary/aromatic N) is 7. The largest absolute Gasteiger partial charge is 0.468 e. The van der Waals surface area contributed by atoms with Gasteiger partial charge in [-0.15, -0.1) is 0 Å². The lowest BCUT2D eigenvalue weighted by atomic mass is 10.2. The summed E-state index contributed by atoms with van der Waals surface area (Å²) in [6.45, 7) is 5.70. The van der Waals surface area contributed by atoms with Crippen LogP contribution in [-0.4, -0.2) is 66.3 Å². The number of aryl methyl sites for hydroxylation is 1. The molecule has 0 aliphatic carbocycles. The van der Waals surface area contributed by atoms with Crippen molar-refractivity contribution in [2.24, 2.45) is 7.05 Å². The van der Waals surface area contributed by atoms with E-state index in [4.69, 9.17) is 4.42 Å². The Labute approximate surface area is 173 Å². The summed E-state index contributed by atoms with van der Waals surface area (Å²) in [6.07, 6.45) is 5.24. The van der Waals surface area contributed by atoms with Gasteiger partial charge in [0.05, 0.1) is 24.7 Å². The quantitative estimate of drug-likeness (QED) is 0.516. The highest BCUT2D eigenvalue weighted by atomic mass is 16.3. The summed E-state index contributed by atoms with van der Waals surface area (Å²) in [6, 6.07) is 7.52. The maximum atomic E-state index is 13.1. The molecule has 0 aromatic carbocycles. The van der Waals surface area contributed by atoms with Gasteiger partial charge in [-0.2, -0.15) is 10.2 Å². The SMILES string of the molecule is Cc1c(-c2ccnc3cc(C(=O)N4CCN(Cc5ccco5)CC4)nn23)cnn1C. The molecule has 9 nitrogen and oxygen atoms in total. The molecule has 0 spiro atoms. The van der Waals surface area contributed by atoms with Crippen LogP contribution in [0.15, 0.2) is 47.3 Å². The fourth-order valence-electron chi connectivity index (χ4n) is 3.85. The monoisotopic (exact) mass is 405 g/mol. The Kier molecular flexibility index (Phi) is 4.59. The molecule has 4 aromatic heterocycles. The van der Waals surface area contributed by atoms with Crippen LogP contribution in [0.4, 0.5) is 0 Å². The summed E-state index contributed by atoms with van der Waals surface area (Å²) in [5, 5.41) is 8.91. The molecule has 1 aliphatic heterocycles.